The standard InChI is InChI=1S/C21H17N5O/c1-13-18(15-10-6-7-11-17(15)23-13)19(27)16(12-22)21-25-24-20(26(21)2)14-8-4-3-5-9-14/h3-11,16,23H,1-2H3/t16-/m1/s1. The fraction of sp³-hybridized carbons (Fsp3) is 0.143. The Morgan fingerprint density at radius 2 is 1.81 bits per heavy atom. The largest absolute Gasteiger partial charge is 0.358 e. The third-order valence-electron chi connectivity index (χ3n) is 4.73. The van der Waals surface area contributed by atoms with Crippen LogP contribution in [0.5, 0.6) is 0 Å². The molecule has 0 bridgehead atoms. The fourth-order valence-corrected chi connectivity index (χ4v) is 3.40. The summed E-state index contributed by atoms with van der Waals surface area (Å²) in [6, 6.07) is 19.3. The van der Waals surface area contributed by atoms with E-state index in [1.807, 2.05) is 61.5 Å². The van der Waals surface area contributed by atoms with E-state index in [0.717, 1.165) is 22.2 Å². The van der Waals surface area contributed by atoms with Crippen LogP contribution in [-0.4, -0.2) is 25.5 Å². The van der Waals surface area contributed by atoms with E-state index in [1.54, 1.807) is 11.6 Å². The highest BCUT2D eigenvalue weighted by Crippen LogP contribution is 2.29. The number of hydrogen-bond donors (Lipinski definition) is 1. The summed E-state index contributed by atoms with van der Waals surface area (Å²) in [5.74, 6) is -0.347. The van der Waals surface area contributed by atoms with Gasteiger partial charge in [0.2, 0.25) is 0 Å². The maximum Gasteiger partial charge on any atom is 0.190 e. The van der Waals surface area contributed by atoms with Crippen LogP contribution in [0.15, 0.2) is 54.6 Å². The Balaban J connectivity index is 1.79. The predicted molar refractivity (Wildman–Crippen MR) is 102 cm³/mol. The summed E-state index contributed by atoms with van der Waals surface area (Å²) >= 11 is 0. The molecule has 0 spiro atoms. The van der Waals surface area contributed by atoms with Crippen LogP contribution in [0.25, 0.3) is 22.3 Å². The zero-order valence-corrected chi connectivity index (χ0v) is 15.0. The van der Waals surface area contributed by atoms with Gasteiger partial charge >= 0.3 is 0 Å². The Morgan fingerprint density at radius 3 is 2.56 bits per heavy atom. The molecule has 0 saturated heterocycles. The lowest BCUT2D eigenvalue weighted by molar-refractivity contribution is 0.0976. The van der Waals surface area contributed by atoms with Crippen LogP contribution >= 0.6 is 0 Å². The fourth-order valence-electron chi connectivity index (χ4n) is 3.40. The number of aromatic nitrogens is 4. The van der Waals surface area contributed by atoms with Crippen LogP contribution in [0.2, 0.25) is 0 Å². The minimum absolute atomic E-state index is 0.275. The van der Waals surface area contributed by atoms with E-state index in [9.17, 15) is 10.1 Å². The van der Waals surface area contributed by atoms with Crippen molar-refractivity contribution in [1.82, 2.24) is 19.7 Å². The molecule has 4 rings (SSSR count). The number of H-pyrrole nitrogens is 1. The first kappa shape index (κ1) is 16.7. The lowest BCUT2D eigenvalue weighted by Crippen LogP contribution is -2.16. The second-order valence-electron chi connectivity index (χ2n) is 6.40. The van der Waals surface area contributed by atoms with Gasteiger partial charge in [-0.2, -0.15) is 5.26 Å². The van der Waals surface area contributed by atoms with Gasteiger partial charge in [0.1, 0.15) is 0 Å². The summed E-state index contributed by atoms with van der Waals surface area (Å²) in [6.45, 7) is 1.84. The number of hydrogen-bond acceptors (Lipinski definition) is 4. The first-order valence-electron chi connectivity index (χ1n) is 8.57. The maximum absolute atomic E-state index is 13.2. The number of rotatable bonds is 4. The van der Waals surface area contributed by atoms with Gasteiger partial charge in [-0.3, -0.25) is 4.79 Å². The molecule has 0 amide bonds. The Bertz CT molecular complexity index is 1180. The number of Topliss-reactive ketones (excluding diaryl/α,β-unsaturated/α-hetero) is 1. The minimum Gasteiger partial charge on any atom is -0.358 e. The summed E-state index contributed by atoms with van der Waals surface area (Å²) in [7, 11) is 1.78. The van der Waals surface area contributed by atoms with Crippen molar-refractivity contribution in [3.63, 3.8) is 0 Å². The topological polar surface area (TPSA) is 87.4 Å². The number of aromatic amines is 1. The molecule has 6 nitrogen and oxygen atoms in total. The van der Waals surface area contributed by atoms with Crippen molar-refractivity contribution in [3.8, 4) is 17.5 Å². The Morgan fingerprint density at radius 1 is 1.11 bits per heavy atom. The number of nitrogens with one attached hydrogen (secondary N) is 1. The van der Waals surface area contributed by atoms with Crippen molar-refractivity contribution in [2.75, 3.05) is 0 Å². The van der Waals surface area contributed by atoms with Crippen molar-refractivity contribution < 1.29 is 4.79 Å². The molecule has 0 radical (unpaired) electrons. The molecule has 0 unspecified atom stereocenters. The van der Waals surface area contributed by atoms with Crippen molar-refractivity contribution in [2.24, 2.45) is 7.05 Å². The smallest absolute Gasteiger partial charge is 0.190 e. The van der Waals surface area contributed by atoms with Gasteiger partial charge in [0.25, 0.3) is 0 Å². The molecule has 1 atom stereocenters. The molecule has 2 aromatic heterocycles. The summed E-state index contributed by atoms with van der Waals surface area (Å²) in [5.41, 5.74) is 3.03. The molecule has 0 aliphatic rings. The van der Waals surface area contributed by atoms with E-state index in [1.165, 1.54) is 0 Å². The molecule has 132 valence electrons. The molecule has 4 aromatic rings. The highest BCUT2D eigenvalue weighted by Gasteiger charge is 2.30. The molecule has 27 heavy (non-hydrogen) atoms. The Labute approximate surface area is 156 Å². The minimum atomic E-state index is -1.03. The van der Waals surface area contributed by atoms with E-state index >= 15 is 0 Å². The molecule has 0 fully saturated rings. The van der Waals surface area contributed by atoms with Gasteiger partial charge in [-0.05, 0) is 13.0 Å². The van der Waals surface area contributed by atoms with Gasteiger partial charge in [0, 0.05) is 34.8 Å². The highest BCUT2D eigenvalue weighted by atomic mass is 16.1. The molecular formula is C21H17N5O. The van der Waals surface area contributed by atoms with E-state index in [4.69, 9.17) is 0 Å². The summed E-state index contributed by atoms with van der Waals surface area (Å²) in [5, 5.41) is 18.9. The van der Waals surface area contributed by atoms with E-state index in [-0.39, 0.29) is 5.78 Å². The number of fused-ring (bicyclic) bond motifs is 1. The van der Waals surface area contributed by atoms with E-state index in [0.29, 0.717) is 17.2 Å². The van der Waals surface area contributed by atoms with Crippen molar-refractivity contribution in [3.05, 3.63) is 71.7 Å². The zero-order chi connectivity index (χ0) is 19.0. The van der Waals surface area contributed by atoms with Crippen LogP contribution in [0.1, 0.15) is 27.8 Å². The second-order valence-corrected chi connectivity index (χ2v) is 6.40. The monoisotopic (exact) mass is 355 g/mol. The van der Waals surface area contributed by atoms with Gasteiger partial charge in [-0.1, -0.05) is 48.5 Å². The number of carbonyl (C=O) groups excluding carboxylic acids is 1. The molecule has 6 heteroatoms. The molecular weight excluding hydrogens is 338 g/mol. The van der Waals surface area contributed by atoms with Crippen molar-refractivity contribution in [2.45, 2.75) is 12.8 Å². The zero-order valence-electron chi connectivity index (χ0n) is 15.0. The second kappa shape index (κ2) is 6.54. The third kappa shape index (κ3) is 2.70. The number of aryl methyl sites for hydroxylation is 1. The predicted octanol–water partition coefficient (Wildman–Crippen LogP) is 3.76. The van der Waals surface area contributed by atoms with Gasteiger partial charge in [0.05, 0.1) is 6.07 Å². The van der Waals surface area contributed by atoms with Crippen molar-refractivity contribution in [1.29, 1.82) is 5.26 Å². The van der Waals surface area contributed by atoms with Crippen LogP contribution in [0.4, 0.5) is 0 Å². The van der Waals surface area contributed by atoms with E-state index < -0.39 is 5.92 Å². The van der Waals surface area contributed by atoms with Gasteiger partial charge in [-0.25, -0.2) is 0 Å². The summed E-state index contributed by atoms with van der Waals surface area (Å²) in [4.78, 5) is 16.5. The van der Waals surface area contributed by atoms with Crippen LogP contribution in [0.3, 0.4) is 0 Å². The number of nitriles is 1. The molecule has 0 aliphatic heterocycles. The van der Waals surface area contributed by atoms with Crippen LogP contribution in [-0.2, 0) is 7.05 Å². The maximum atomic E-state index is 13.2. The van der Waals surface area contributed by atoms with Crippen molar-refractivity contribution >= 4 is 16.7 Å². The first-order chi connectivity index (χ1) is 13.1. The average molecular weight is 355 g/mol. The Hall–Kier alpha value is -3.72. The summed E-state index contributed by atoms with van der Waals surface area (Å²) in [6.07, 6.45) is 0. The van der Waals surface area contributed by atoms with Gasteiger partial charge in [0.15, 0.2) is 23.3 Å². The molecule has 0 aliphatic carbocycles. The van der Waals surface area contributed by atoms with Gasteiger partial charge < -0.3 is 9.55 Å². The number of ketones is 1. The van der Waals surface area contributed by atoms with E-state index in [2.05, 4.69) is 21.3 Å². The first-order valence-corrected chi connectivity index (χ1v) is 8.57. The SMILES string of the molecule is Cc1[nH]c2ccccc2c1C(=O)[C@@H](C#N)c1nnc(-c2ccccc2)n1C. The van der Waals surface area contributed by atoms with Gasteiger partial charge in [-0.15, -0.1) is 10.2 Å². The number of nitrogens with zero attached hydrogens (tertiary/aromatic N) is 4. The highest BCUT2D eigenvalue weighted by molar-refractivity contribution is 6.12. The quantitative estimate of drug-likeness (QED) is 0.565. The molecule has 0 saturated carbocycles. The Kier molecular flexibility index (Phi) is 4.05. The van der Waals surface area contributed by atoms with Crippen LogP contribution in [0, 0.1) is 18.3 Å². The lowest BCUT2D eigenvalue weighted by Gasteiger charge is -2.09. The summed E-state index contributed by atoms with van der Waals surface area (Å²) < 4.78 is 1.71. The normalized spacial score (nSPS) is 12.0. The molecule has 1 N–H and O–H groups in total. The number of carbonyl (C=O) groups is 1. The number of para-hydroxylation sites is 1. The molecule has 2 heterocycles. The number of benzene rings is 2. The third-order valence-corrected chi connectivity index (χ3v) is 4.73. The molecule has 2 aromatic carbocycles. The average Bonchev–Trinajstić information content (AvgIpc) is 3.22. The lowest BCUT2D eigenvalue weighted by atomic mass is 9.95. The van der Waals surface area contributed by atoms with Crippen LogP contribution < -0.4 is 0 Å².